The summed E-state index contributed by atoms with van der Waals surface area (Å²) >= 11 is -0.252. The summed E-state index contributed by atoms with van der Waals surface area (Å²) in [4.78, 5) is 24.3. The van der Waals surface area contributed by atoms with Gasteiger partial charge in [0.05, 0.1) is 0 Å². The molecule has 0 spiro atoms. The molecule has 0 saturated carbocycles. The van der Waals surface area contributed by atoms with Gasteiger partial charge in [0.25, 0.3) is 0 Å². The zero-order chi connectivity index (χ0) is 20.6. The topological polar surface area (TPSA) is 74.2 Å². The van der Waals surface area contributed by atoms with Crippen molar-refractivity contribution in [3.8, 4) is 0 Å². The van der Waals surface area contributed by atoms with Crippen molar-refractivity contribution < 1.29 is 23.8 Å². The maximum atomic E-state index is 12.3. The Morgan fingerprint density at radius 2 is 1.86 bits per heavy atom. The van der Waals surface area contributed by atoms with Crippen LogP contribution >= 0.6 is 0 Å². The fourth-order valence-corrected chi connectivity index (χ4v) is 4.20. The fourth-order valence-electron chi connectivity index (χ4n) is 2.14. The van der Waals surface area contributed by atoms with Crippen LogP contribution < -0.4 is 4.46 Å². The molecular formula is C20H25NO5SeSi. The van der Waals surface area contributed by atoms with E-state index in [0.717, 1.165) is 10.5 Å². The average molecular weight is 466 g/mol. The Kier molecular flexibility index (Phi) is 8.38. The van der Waals surface area contributed by atoms with Gasteiger partial charge in [0.15, 0.2) is 0 Å². The Balaban J connectivity index is 2.08. The van der Waals surface area contributed by atoms with Crippen LogP contribution in [0.3, 0.4) is 0 Å². The van der Waals surface area contributed by atoms with Gasteiger partial charge in [-0.15, -0.1) is 0 Å². The third-order valence-electron chi connectivity index (χ3n) is 3.75. The number of ketones is 1. The number of methoxy groups -OCH3 is 1. The van der Waals surface area contributed by atoms with E-state index in [1.165, 1.54) is 19.3 Å². The van der Waals surface area contributed by atoms with Crippen LogP contribution in [0.5, 0.6) is 0 Å². The Hall–Kier alpha value is -1.99. The number of carbonyl (C=O) groups is 2. The molecule has 1 aromatic rings. The monoisotopic (exact) mass is 467 g/mol. The van der Waals surface area contributed by atoms with Gasteiger partial charge >= 0.3 is 173 Å². The van der Waals surface area contributed by atoms with Crippen LogP contribution in [0.4, 0.5) is 0 Å². The summed E-state index contributed by atoms with van der Waals surface area (Å²) in [6.45, 7) is 7.39. The van der Waals surface area contributed by atoms with Crippen molar-refractivity contribution in [2.24, 2.45) is 4.01 Å². The van der Waals surface area contributed by atoms with E-state index >= 15 is 0 Å². The van der Waals surface area contributed by atoms with Crippen LogP contribution in [0.2, 0.25) is 25.7 Å². The summed E-state index contributed by atoms with van der Waals surface area (Å²) in [5.41, 5.74) is 0.334. The van der Waals surface area contributed by atoms with E-state index < -0.39 is 14.0 Å². The van der Waals surface area contributed by atoms with Gasteiger partial charge < -0.3 is 0 Å². The van der Waals surface area contributed by atoms with Gasteiger partial charge in [-0.1, -0.05) is 0 Å². The van der Waals surface area contributed by atoms with E-state index in [4.69, 9.17) is 14.2 Å². The first-order chi connectivity index (χ1) is 13.3. The van der Waals surface area contributed by atoms with Crippen molar-refractivity contribution in [2.75, 3.05) is 20.5 Å². The molecule has 6 nitrogen and oxygen atoms in total. The van der Waals surface area contributed by atoms with E-state index in [9.17, 15) is 9.59 Å². The van der Waals surface area contributed by atoms with Crippen molar-refractivity contribution >= 4 is 45.2 Å². The number of esters is 1. The number of carbonyl (C=O) groups excluding carboxylic acids is 2. The zero-order valence-corrected chi connectivity index (χ0v) is 19.3. The van der Waals surface area contributed by atoms with Crippen LogP contribution in [0.25, 0.3) is 0 Å². The molecular weight excluding hydrogens is 441 g/mol. The molecule has 0 radical (unpaired) electrons. The normalized spacial score (nSPS) is 15.9. The van der Waals surface area contributed by atoms with Gasteiger partial charge in [0.2, 0.25) is 0 Å². The van der Waals surface area contributed by atoms with Gasteiger partial charge in [0, 0.05) is 0 Å². The second-order valence-electron chi connectivity index (χ2n) is 7.28. The first kappa shape index (κ1) is 22.3. The Labute approximate surface area is 173 Å². The molecule has 8 heteroatoms. The first-order valence-electron chi connectivity index (χ1n) is 8.87. The summed E-state index contributed by atoms with van der Waals surface area (Å²) in [6, 6.07) is 10.7. The van der Waals surface area contributed by atoms with Gasteiger partial charge in [-0.25, -0.2) is 0 Å². The molecule has 2 rings (SSSR count). The van der Waals surface area contributed by atoms with Crippen molar-refractivity contribution in [2.45, 2.75) is 25.7 Å². The number of benzene rings is 1. The predicted octanol–water partition coefficient (Wildman–Crippen LogP) is 2.27. The first-order valence-corrected chi connectivity index (χ1v) is 14.2. The molecule has 1 aliphatic rings. The Bertz CT molecular complexity index is 797. The van der Waals surface area contributed by atoms with Crippen LogP contribution in [0, 0.1) is 0 Å². The minimum atomic E-state index is -1.19. The number of allylic oxidation sites excluding steroid dienone is 2. The van der Waals surface area contributed by atoms with Crippen molar-refractivity contribution in [3.63, 3.8) is 0 Å². The Morgan fingerprint density at radius 3 is 2.50 bits per heavy atom. The number of hydrogen-bond acceptors (Lipinski definition) is 6. The summed E-state index contributed by atoms with van der Waals surface area (Å²) in [7, 11) is 0.0724. The van der Waals surface area contributed by atoms with Gasteiger partial charge in [0.1, 0.15) is 0 Å². The number of nitrogens with zero attached hydrogens (tertiary/aromatic N) is 1. The molecule has 0 N–H and O–H groups in total. The van der Waals surface area contributed by atoms with Crippen molar-refractivity contribution in [1.82, 2.24) is 0 Å². The molecule has 0 atom stereocenters. The maximum absolute atomic E-state index is 12.3. The molecule has 0 heterocycles. The molecule has 0 fully saturated rings. The van der Waals surface area contributed by atoms with E-state index in [2.05, 4.69) is 23.6 Å². The quantitative estimate of drug-likeness (QED) is 0.184. The van der Waals surface area contributed by atoms with Gasteiger partial charge in [-0.3, -0.25) is 0 Å². The molecule has 0 bridgehead atoms. The third kappa shape index (κ3) is 7.20. The zero-order valence-electron chi connectivity index (χ0n) is 16.6. The standard InChI is InChI=1S/C20H25NO5SeSi/c1-24-20(23)16-12-18(22)17(21-27-15-8-6-5-7-9-15)13-19(16)26-14-25-10-11-28(2,3)4/h5-9,12-13H,10-11,14H2,1-4H3/b21-17+. The van der Waals surface area contributed by atoms with E-state index in [0.29, 0.717) is 6.61 Å². The van der Waals surface area contributed by atoms with Crippen molar-refractivity contribution in [3.05, 3.63) is 53.8 Å². The molecule has 0 amide bonds. The molecule has 150 valence electrons. The summed E-state index contributed by atoms with van der Waals surface area (Å²) in [5, 5.41) is 0. The number of ether oxygens (including phenoxy) is 3. The molecule has 1 aliphatic carbocycles. The minimum absolute atomic E-state index is 0.00402. The molecule has 0 aliphatic heterocycles. The van der Waals surface area contributed by atoms with Crippen molar-refractivity contribution in [1.29, 1.82) is 0 Å². The second kappa shape index (κ2) is 10.5. The van der Waals surface area contributed by atoms with Gasteiger partial charge in [-0.2, -0.15) is 0 Å². The van der Waals surface area contributed by atoms with Crippen LogP contribution in [0.1, 0.15) is 0 Å². The van der Waals surface area contributed by atoms with E-state index in [1.54, 1.807) is 0 Å². The molecule has 1 aromatic carbocycles. The summed E-state index contributed by atoms with van der Waals surface area (Å²) in [6.07, 6.45) is 2.70. The van der Waals surface area contributed by atoms with Crippen LogP contribution in [-0.4, -0.2) is 61.2 Å². The van der Waals surface area contributed by atoms with Crippen LogP contribution in [0.15, 0.2) is 57.8 Å². The SMILES string of the molecule is COC(=O)C1=CC(=O)/C(=N/[Se]c2ccccc2)C=C1OCOCC[Si](C)(C)C. The number of hydrogen-bond donors (Lipinski definition) is 0. The van der Waals surface area contributed by atoms with Gasteiger partial charge in [-0.05, 0) is 0 Å². The molecule has 0 aromatic heterocycles. The summed E-state index contributed by atoms with van der Waals surface area (Å²) < 4.78 is 21.4. The second-order valence-corrected chi connectivity index (χ2v) is 14.7. The third-order valence-corrected chi connectivity index (χ3v) is 7.07. The van der Waals surface area contributed by atoms with E-state index in [1.807, 2.05) is 30.3 Å². The average Bonchev–Trinajstić information content (AvgIpc) is 2.66. The molecule has 28 heavy (non-hydrogen) atoms. The van der Waals surface area contributed by atoms with Crippen LogP contribution in [-0.2, 0) is 23.8 Å². The molecule has 0 unspecified atom stereocenters. The Morgan fingerprint density at radius 1 is 1.14 bits per heavy atom. The van der Waals surface area contributed by atoms with E-state index in [-0.39, 0.29) is 44.8 Å². The predicted molar refractivity (Wildman–Crippen MR) is 113 cm³/mol. The fraction of sp³-hybridized carbons (Fsp3) is 0.350. The summed E-state index contributed by atoms with van der Waals surface area (Å²) in [5.74, 6) is -0.735. The number of rotatable bonds is 9. The molecule has 0 saturated heterocycles.